The number of carbonyl (C=O) groups is 2. The molecule has 0 aliphatic heterocycles. The van der Waals surface area contributed by atoms with Crippen LogP contribution in [0.3, 0.4) is 0 Å². The molecule has 4 nitrogen and oxygen atoms in total. The van der Waals surface area contributed by atoms with E-state index in [1.165, 1.54) is 13.8 Å². The lowest BCUT2D eigenvalue weighted by atomic mass is 9.76. The van der Waals surface area contributed by atoms with Crippen molar-refractivity contribution in [3.05, 3.63) is 72.3 Å². The topological polar surface area (TPSA) is 52.6 Å². The molecule has 124 valence electrons. The summed E-state index contributed by atoms with van der Waals surface area (Å²) in [5.41, 5.74) is 1.59. The molecule has 0 radical (unpaired) electrons. The molecule has 0 unspecified atom stereocenters. The van der Waals surface area contributed by atoms with Gasteiger partial charge in [-0.2, -0.15) is 0 Å². The van der Waals surface area contributed by atoms with Gasteiger partial charge in [0.05, 0.1) is 0 Å². The first-order chi connectivity index (χ1) is 11.3. The Kier molecular flexibility index (Phi) is 5.19. The zero-order valence-corrected chi connectivity index (χ0v) is 14.0. The van der Waals surface area contributed by atoms with Gasteiger partial charge in [-0.25, -0.2) is 0 Å². The van der Waals surface area contributed by atoms with Gasteiger partial charge in [-0.3, -0.25) is 9.59 Å². The summed E-state index contributed by atoms with van der Waals surface area (Å²) in [6.45, 7) is 8.73. The second-order valence-corrected chi connectivity index (χ2v) is 5.64. The van der Waals surface area contributed by atoms with Gasteiger partial charge in [0.2, 0.25) is 0 Å². The van der Waals surface area contributed by atoms with E-state index in [1.54, 1.807) is 24.3 Å². The molecule has 2 rings (SSSR count). The van der Waals surface area contributed by atoms with Crippen molar-refractivity contribution in [1.29, 1.82) is 0 Å². The molecule has 0 spiro atoms. The molecule has 0 fully saturated rings. The number of hydrogen-bond donors (Lipinski definition) is 0. The number of hydrogen-bond acceptors (Lipinski definition) is 4. The Morgan fingerprint density at radius 3 is 1.42 bits per heavy atom. The molecule has 0 aromatic heterocycles. The molecule has 0 aliphatic rings. The molecular formula is C20H20O4. The van der Waals surface area contributed by atoms with Crippen LogP contribution in [0.5, 0.6) is 11.5 Å². The fraction of sp³-hybridized carbons (Fsp3) is 0.200. The van der Waals surface area contributed by atoms with Gasteiger partial charge in [-0.15, -0.1) is 6.58 Å². The summed E-state index contributed by atoms with van der Waals surface area (Å²) in [6.07, 6.45) is 1.86. The fourth-order valence-electron chi connectivity index (χ4n) is 2.47. The van der Waals surface area contributed by atoms with Gasteiger partial charge in [-0.1, -0.05) is 30.3 Å². The molecule has 2 aromatic carbocycles. The summed E-state index contributed by atoms with van der Waals surface area (Å²) in [7, 11) is 0. The minimum absolute atomic E-state index is 0.352. The summed E-state index contributed by atoms with van der Waals surface area (Å²) in [5, 5.41) is 0. The van der Waals surface area contributed by atoms with Gasteiger partial charge < -0.3 is 9.47 Å². The second-order valence-electron chi connectivity index (χ2n) is 5.64. The summed E-state index contributed by atoms with van der Waals surface area (Å²) in [4.78, 5) is 22.0. The average molecular weight is 324 g/mol. The Morgan fingerprint density at radius 2 is 1.17 bits per heavy atom. The lowest BCUT2D eigenvalue weighted by Crippen LogP contribution is -2.20. The minimum atomic E-state index is -0.427. The lowest BCUT2D eigenvalue weighted by molar-refractivity contribution is -0.132. The lowest BCUT2D eigenvalue weighted by Gasteiger charge is -2.27. The van der Waals surface area contributed by atoms with Gasteiger partial charge >= 0.3 is 11.9 Å². The first kappa shape index (κ1) is 17.5. The van der Waals surface area contributed by atoms with E-state index in [2.05, 4.69) is 6.58 Å². The maximum Gasteiger partial charge on any atom is 0.308 e. The van der Waals surface area contributed by atoms with E-state index in [0.717, 1.165) is 11.1 Å². The van der Waals surface area contributed by atoms with Crippen molar-refractivity contribution in [3.63, 3.8) is 0 Å². The number of benzene rings is 2. The van der Waals surface area contributed by atoms with Crippen LogP contribution in [0.1, 0.15) is 31.9 Å². The van der Waals surface area contributed by atoms with Crippen molar-refractivity contribution in [3.8, 4) is 11.5 Å². The van der Waals surface area contributed by atoms with E-state index in [4.69, 9.17) is 9.47 Å². The first-order valence-electron chi connectivity index (χ1n) is 7.56. The standard InChI is InChI=1S/C20H20O4/c1-5-20(4,16-6-10-18(11-7-16)23-14(2)21)17-8-12-19(13-9-17)24-15(3)22/h5-13H,1H2,2-4H3. The zero-order chi connectivity index (χ0) is 17.7. The Morgan fingerprint density at radius 1 is 0.833 bits per heavy atom. The van der Waals surface area contributed by atoms with Crippen molar-refractivity contribution in [2.45, 2.75) is 26.2 Å². The van der Waals surface area contributed by atoms with Crippen LogP contribution in [0.2, 0.25) is 0 Å². The summed E-state index contributed by atoms with van der Waals surface area (Å²) < 4.78 is 10.1. The molecular weight excluding hydrogens is 304 g/mol. The largest absolute Gasteiger partial charge is 0.427 e. The fourth-order valence-corrected chi connectivity index (χ4v) is 2.47. The highest BCUT2D eigenvalue weighted by molar-refractivity contribution is 5.69. The number of carbonyl (C=O) groups excluding carboxylic acids is 2. The van der Waals surface area contributed by atoms with E-state index >= 15 is 0 Å². The van der Waals surface area contributed by atoms with Crippen molar-refractivity contribution in [2.75, 3.05) is 0 Å². The average Bonchev–Trinajstić information content (AvgIpc) is 2.54. The van der Waals surface area contributed by atoms with E-state index in [9.17, 15) is 9.59 Å². The van der Waals surface area contributed by atoms with Gasteiger partial charge in [0.25, 0.3) is 0 Å². The van der Waals surface area contributed by atoms with Crippen LogP contribution in [0.25, 0.3) is 0 Å². The highest BCUT2D eigenvalue weighted by Gasteiger charge is 2.25. The van der Waals surface area contributed by atoms with E-state index in [-0.39, 0.29) is 11.9 Å². The van der Waals surface area contributed by atoms with Crippen LogP contribution in [0, 0.1) is 0 Å². The molecule has 0 aliphatic carbocycles. The minimum Gasteiger partial charge on any atom is -0.427 e. The number of esters is 2. The molecule has 0 atom stereocenters. The molecule has 2 aromatic rings. The van der Waals surface area contributed by atoms with Crippen molar-refractivity contribution in [2.24, 2.45) is 0 Å². The molecule has 0 saturated heterocycles. The van der Waals surface area contributed by atoms with Crippen molar-refractivity contribution >= 4 is 11.9 Å². The van der Waals surface area contributed by atoms with E-state index in [0.29, 0.717) is 11.5 Å². The van der Waals surface area contributed by atoms with Crippen molar-refractivity contribution < 1.29 is 19.1 Å². The number of allylic oxidation sites excluding steroid dienone is 1. The van der Waals surface area contributed by atoms with Gasteiger partial charge in [0.15, 0.2) is 0 Å². The Bertz CT molecular complexity index is 683. The SMILES string of the molecule is C=CC(C)(c1ccc(OC(C)=O)cc1)c1ccc(OC(C)=O)cc1. The normalized spacial score (nSPS) is 10.8. The van der Waals surface area contributed by atoms with Crippen LogP contribution in [0.15, 0.2) is 61.2 Å². The van der Waals surface area contributed by atoms with Crippen molar-refractivity contribution in [1.82, 2.24) is 0 Å². The van der Waals surface area contributed by atoms with Crippen LogP contribution in [-0.2, 0) is 15.0 Å². The summed E-state index contributed by atoms with van der Waals surface area (Å²) in [5.74, 6) is 0.302. The van der Waals surface area contributed by atoms with Gasteiger partial charge in [-0.05, 0) is 42.3 Å². The van der Waals surface area contributed by atoms with Gasteiger partial charge in [0.1, 0.15) is 11.5 Å². The number of ether oxygens (including phenoxy) is 2. The molecule has 0 saturated carbocycles. The summed E-state index contributed by atoms with van der Waals surface area (Å²) in [6, 6.07) is 14.6. The second kappa shape index (κ2) is 7.13. The molecule has 0 heterocycles. The molecule has 0 N–H and O–H groups in total. The number of rotatable bonds is 5. The zero-order valence-electron chi connectivity index (χ0n) is 14.0. The van der Waals surface area contributed by atoms with Crippen LogP contribution >= 0.6 is 0 Å². The Balaban J connectivity index is 2.31. The van der Waals surface area contributed by atoms with E-state index in [1.807, 2.05) is 37.3 Å². The predicted octanol–water partition coefficient (Wildman–Crippen LogP) is 4.03. The summed E-state index contributed by atoms with van der Waals surface area (Å²) >= 11 is 0. The third kappa shape index (κ3) is 3.90. The van der Waals surface area contributed by atoms with Gasteiger partial charge in [0, 0.05) is 19.3 Å². The molecule has 0 amide bonds. The smallest absolute Gasteiger partial charge is 0.308 e. The quantitative estimate of drug-likeness (QED) is 0.473. The predicted molar refractivity (Wildman–Crippen MR) is 92.2 cm³/mol. The third-order valence-corrected chi connectivity index (χ3v) is 3.84. The highest BCUT2D eigenvalue weighted by atomic mass is 16.5. The van der Waals surface area contributed by atoms with Crippen LogP contribution in [0.4, 0.5) is 0 Å². The monoisotopic (exact) mass is 324 g/mol. The van der Waals surface area contributed by atoms with Crippen LogP contribution in [-0.4, -0.2) is 11.9 Å². The van der Waals surface area contributed by atoms with E-state index < -0.39 is 5.41 Å². The Labute approximate surface area is 141 Å². The first-order valence-corrected chi connectivity index (χ1v) is 7.56. The molecule has 4 heteroatoms. The molecule has 0 bridgehead atoms. The maximum atomic E-state index is 11.0. The van der Waals surface area contributed by atoms with Crippen LogP contribution < -0.4 is 9.47 Å². The molecule has 24 heavy (non-hydrogen) atoms. The highest BCUT2D eigenvalue weighted by Crippen LogP contribution is 2.34. The maximum absolute atomic E-state index is 11.0. The Hall–Kier alpha value is -2.88. The third-order valence-electron chi connectivity index (χ3n) is 3.84.